The molecule has 0 aliphatic heterocycles. The Hall–Kier alpha value is -3.86. The second-order valence-corrected chi connectivity index (χ2v) is 7.70. The molecule has 0 bridgehead atoms. The minimum Gasteiger partial charge on any atom is -0.489 e. The Kier molecular flexibility index (Phi) is 5.23. The summed E-state index contributed by atoms with van der Waals surface area (Å²) in [6, 6.07) is 24.9. The molecule has 1 N–H and O–H groups in total. The molecule has 154 valence electrons. The molecule has 0 fully saturated rings. The SMILES string of the molecule is O/N=C(\c1ccccc1COc1ccc(C2CCc3ccccc32)cc1)n1ccnc1. The van der Waals surface area contributed by atoms with E-state index in [2.05, 4.69) is 46.5 Å². The normalized spacial score (nSPS) is 15.6. The third-order valence-corrected chi connectivity index (χ3v) is 5.91. The van der Waals surface area contributed by atoms with Gasteiger partial charge in [-0.2, -0.15) is 0 Å². The topological polar surface area (TPSA) is 59.6 Å². The maximum Gasteiger partial charge on any atom is 0.184 e. The van der Waals surface area contributed by atoms with Crippen molar-refractivity contribution >= 4 is 5.84 Å². The molecule has 0 spiro atoms. The van der Waals surface area contributed by atoms with Crippen molar-refractivity contribution in [2.45, 2.75) is 25.4 Å². The average molecular weight is 409 g/mol. The lowest BCUT2D eigenvalue weighted by Crippen LogP contribution is -2.15. The van der Waals surface area contributed by atoms with Gasteiger partial charge in [-0.15, -0.1) is 0 Å². The monoisotopic (exact) mass is 409 g/mol. The van der Waals surface area contributed by atoms with Crippen LogP contribution in [-0.2, 0) is 13.0 Å². The molecule has 5 rings (SSSR count). The zero-order valence-corrected chi connectivity index (χ0v) is 17.1. The van der Waals surface area contributed by atoms with E-state index in [1.54, 1.807) is 23.3 Å². The van der Waals surface area contributed by atoms with E-state index in [4.69, 9.17) is 4.74 Å². The predicted molar refractivity (Wildman–Crippen MR) is 120 cm³/mol. The predicted octanol–water partition coefficient (Wildman–Crippen LogP) is 5.22. The maximum absolute atomic E-state index is 9.56. The van der Waals surface area contributed by atoms with Crippen LogP contribution in [0.1, 0.15) is 40.2 Å². The lowest BCUT2D eigenvalue weighted by molar-refractivity contribution is 0.304. The zero-order chi connectivity index (χ0) is 21.0. The number of rotatable bonds is 5. The number of aromatic nitrogens is 2. The van der Waals surface area contributed by atoms with E-state index in [1.807, 2.05) is 36.4 Å². The van der Waals surface area contributed by atoms with Crippen LogP contribution < -0.4 is 4.74 Å². The fraction of sp³-hybridized carbons (Fsp3) is 0.154. The van der Waals surface area contributed by atoms with E-state index < -0.39 is 0 Å². The highest BCUT2D eigenvalue weighted by Crippen LogP contribution is 2.38. The number of oxime groups is 1. The van der Waals surface area contributed by atoms with Gasteiger partial charge in [0.25, 0.3) is 0 Å². The molecule has 3 aromatic carbocycles. The van der Waals surface area contributed by atoms with E-state index in [1.165, 1.54) is 16.7 Å². The van der Waals surface area contributed by atoms with Crippen LogP contribution in [0.15, 0.2) is 96.7 Å². The molecule has 31 heavy (non-hydrogen) atoms. The Balaban J connectivity index is 1.32. The lowest BCUT2D eigenvalue weighted by atomic mass is 9.93. The summed E-state index contributed by atoms with van der Waals surface area (Å²) in [5, 5.41) is 13.0. The third kappa shape index (κ3) is 3.82. The molecule has 4 aromatic rings. The number of aryl methyl sites for hydroxylation is 1. The van der Waals surface area contributed by atoms with Gasteiger partial charge in [0.05, 0.1) is 0 Å². The fourth-order valence-electron chi connectivity index (χ4n) is 4.35. The summed E-state index contributed by atoms with van der Waals surface area (Å²) in [7, 11) is 0. The minimum absolute atomic E-state index is 0.371. The molecular weight excluding hydrogens is 386 g/mol. The standard InChI is InChI=1S/C26H23N3O2/c30-28-26(29-16-15-27-18-29)25-8-4-2-6-21(25)17-31-22-12-9-20(10-13-22)24-14-11-19-5-1-3-7-23(19)24/h1-10,12-13,15-16,18,24,30H,11,14,17H2/b28-26+. The molecule has 1 heterocycles. The van der Waals surface area contributed by atoms with Crippen molar-refractivity contribution in [3.8, 4) is 5.75 Å². The Morgan fingerprint density at radius 2 is 1.84 bits per heavy atom. The minimum atomic E-state index is 0.371. The molecule has 1 aliphatic rings. The van der Waals surface area contributed by atoms with Gasteiger partial charge >= 0.3 is 0 Å². The average Bonchev–Trinajstić information content (AvgIpc) is 3.50. The number of ether oxygens (including phenoxy) is 1. The summed E-state index contributed by atoms with van der Waals surface area (Å²) in [6.07, 6.45) is 7.29. The number of nitrogens with zero attached hydrogens (tertiary/aromatic N) is 3. The van der Waals surface area contributed by atoms with Gasteiger partial charge in [0, 0.05) is 29.4 Å². The number of benzene rings is 3. The van der Waals surface area contributed by atoms with Crippen molar-refractivity contribution in [2.24, 2.45) is 5.16 Å². The molecule has 1 atom stereocenters. The van der Waals surface area contributed by atoms with Gasteiger partial charge in [-0.25, -0.2) is 4.98 Å². The number of imidazole rings is 1. The fourth-order valence-corrected chi connectivity index (χ4v) is 4.35. The highest BCUT2D eigenvalue weighted by Gasteiger charge is 2.23. The van der Waals surface area contributed by atoms with Crippen LogP contribution in [0.2, 0.25) is 0 Å². The Bertz CT molecular complexity index is 1200. The molecule has 1 aliphatic carbocycles. The van der Waals surface area contributed by atoms with Gasteiger partial charge in [-0.3, -0.25) is 4.57 Å². The Morgan fingerprint density at radius 1 is 1.03 bits per heavy atom. The van der Waals surface area contributed by atoms with Crippen LogP contribution >= 0.6 is 0 Å². The summed E-state index contributed by atoms with van der Waals surface area (Å²) in [5.41, 5.74) is 5.96. The molecule has 5 heteroatoms. The number of hydrogen-bond acceptors (Lipinski definition) is 4. The van der Waals surface area contributed by atoms with Crippen LogP contribution in [0.3, 0.4) is 0 Å². The van der Waals surface area contributed by atoms with E-state index in [0.29, 0.717) is 18.4 Å². The van der Waals surface area contributed by atoms with Crippen LogP contribution in [-0.4, -0.2) is 20.6 Å². The van der Waals surface area contributed by atoms with Crippen molar-refractivity contribution in [2.75, 3.05) is 0 Å². The highest BCUT2D eigenvalue weighted by molar-refractivity contribution is 6.01. The van der Waals surface area contributed by atoms with Crippen molar-refractivity contribution in [1.82, 2.24) is 9.55 Å². The van der Waals surface area contributed by atoms with Gasteiger partial charge in [0.15, 0.2) is 5.84 Å². The second-order valence-electron chi connectivity index (χ2n) is 7.70. The van der Waals surface area contributed by atoms with E-state index >= 15 is 0 Å². The third-order valence-electron chi connectivity index (χ3n) is 5.91. The smallest absolute Gasteiger partial charge is 0.184 e. The first kappa shape index (κ1) is 19.1. The van der Waals surface area contributed by atoms with Crippen molar-refractivity contribution in [1.29, 1.82) is 0 Å². The van der Waals surface area contributed by atoms with Gasteiger partial charge in [-0.1, -0.05) is 65.8 Å². The van der Waals surface area contributed by atoms with Crippen molar-refractivity contribution in [3.63, 3.8) is 0 Å². The van der Waals surface area contributed by atoms with E-state index in [0.717, 1.165) is 29.7 Å². The summed E-state index contributed by atoms with van der Waals surface area (Å²) >= 11 is 0. The first-order valence-corrected chi connectivity index (χ1v) is 10.4. The molecule has 0 amide bonds. The Morgan fingerprint density at radius 3 is 2.65 bits per heavy atom. The van der Waals surface area contributed by atoms with Crippen LogP contribution in [0.4, 0.5) is 0 Å². The highest BCUT2D eigenvalue weighted by atomic mass is 16.5. The quantitative estimate of drug-likeness (QED) is 0.213. The number of fused-ring (bicyclic) bond motifs is 1. The molecule has 0 saturated carbocycles. The van der Waals surface area contributed by atoms with E-state index in [9.17, 15) is 5.21 Å². The molecular formula is C26H23N3O2. The molecule has 5 nitrogen and oxygen atoms in total. The maximum atomic E-state index is 9.56. The van der Waals surface area contributed by atoms with Gasteiger partial charge in [0.2, 0.25) is 0 Å². The summed E-state index contributed by atoms with van der Waals surface area (Å²) in [4.78, 5) is 4.03. The first-order chi connectivity index (χ1) is 15.3. The second kappa shape index (κ2) is 8.48. The lowest BCUT2D eigenvalue weighted by Gasteiger charge is -2.15. The summed E-state index contributed by atoms with van der Waals surface area (Å²) < 4.78 is 7.74. The largest absolute Gasteiger partial charge is 0.489 e. The van der Waals surface area contributed by atoms with E-state index in [-0.39, 0.29) is 0 Å². The van der Waals surface area contributed by atoms with Crippen LogP contribution in [0.5, 0.6) is 5.75 Å². The molecule has 0 radical (unpaired) electrons. The molecule has 1 aromatic heterocycles. The van der Waals surface area contributed by atoms with Gasteiger partial charge in [-0.05, 0) is 41.7 Å². The van der Waals surface area contributed by atoms with Gasteiger partial charge < -0.3 is 9.94 Å². The zero-order valence-electron chi connectivity index (χ0n) is 17.1. The number of hydrogen-bond donors (Lipinski definition) is 1. The summed E-state index contributed by atoms with van der Waals surface area (Å²) in [6.45, 7) is 0.371. The molecule has 0 saturated heterocycles. The summed E-state index contributed by atoms with van der Waals surface area (Å²) in [5.74, 6) is 1.69. The first-order valence-electron chi connectivity index (χ1n) is 10.4. The van der Waals surface area contributed by atoms with Crippen LogP contribution in [0, 0.1) is 0 Å². The van der Waals surface area contributed by atoms with Crippen molar-refractivity contribution in [3.05, 3.63) is 119 Å². The van der Waals surface area contributed by atoms with Crippen LogP contribution in [0.25, 0.3) is 0 Å². The van der Waals surface area contributed by atoms with Gasteiger partial charge in [0.1, 0.15) is 18.7 Å². The van der Waals surface area contributed by atoms with Crippen molar-refractivity contribution < 1.29 is 9.94 Å². The Labute approximate surface area is 181 Å². The molecule has 1 unspecified atom stereocenters.